The number of amides is 1. The molecule has 1 aliphatic heterocycles. The van der Waals surface area contributed by atoms with Crippen LogP contribution >= 0.6 is 11.3 Å². The van der Waals surface area contributed by atoms with Crippen molar-refractivity contribution in [1.82, 2.24) is 14.9 Å². The highest BCUT2D eigenvalue weighted by molar-refractivity contribution is 7.09. The Labute approximate surface area is 148 Å². The van der Waals surface area contributed by atoms with E-state index in [4.69, 9.17) is 5.73 Å². The number of fused-ring (bicyclic) bond motifs is 1. The Morgan fingerprint density at radius 3 is 3.04 bits per heavy atom. The van der Waals surface area contributed by atoms with Crippen LogP contribution in [0.25, 0.3) is 10.9 Å². The van der Waals surface area contributed by atoms with Crippen LogP contribution < -0.4 is 11.2 Å². The molecular formula is C18H18N4O2S. The molecule has 0 saturated carbocycles. The summed E-state index contributed by atoms with van der Waals surface area (Å²) in [6.45, 7) is 1.66. The number of nitrogens with two attached hydrogens (primary N) is 1. The van der Waals surface area contributed by atoms with E-state index in [1.54, 1.807) is 35.6 Å². The summed E-state index contributed by atoms with van der Waals surface area (Å²) in [5, 5.41) is 3.62. The monoisotopic (exact) mass is 354 g/mol. The van der Waals surface area contributed by atoms with E-state index in [1.165, 1.54) is 0 Å². The summed E-state index contributed by atoms with van der Waals surface area (Å²) in [4.78, 5) is 33.9. The van der Waals surface area contributed by atoms with E-state index < -0.39 is 5.91 Å². The van der Waals surface area contributed by atoms with Gasteiger partial charge in [-0.05, 0) is 37.6 Å². The van der Waals surface area contributed by atoms with Crippen molar-refractivity contribution in [3.8, 4) is 0 Å². The first-order chi connectivity index (χ1) is 12.1. The van der Waals surface area contributed by atoms with Crippen molar-refractivity contribution >= 4 is 28.1 Å². The topological polar surface area (TPSA) is 92.1 Å². The minimum absolute atomic E-state index is 0.100. The second kappa shape index (κ2) is 6.42. The standard InChI is InChI=1S/C18H18N4O2S/c19-17(24)11-3-4-14-13(8-11)16(23)9-12(21-14)10-22-6-1-2-15(22)18-20-5-7-25-18/h3-5,7-9,15H,1-2,6,10H2,(H2,19,24)(H,21,23)/t15-/m1/s1. The summed E-state index contributed by atoms with van der Waals surface area (Å²) in [5.74, 6) is -0.534. The fraction of sp³-hybridized carbons (Fsp3) is 0.278. The normalized spacial score (nSPS) is 18.0. The van der Waals surface area contributed by atoms with Crippen LogP contribution in [-0.2, 0) is 6.54 Å². The number of nitrogens with zero attached hydrogens (tertiary/aromatic N) is 2. The lowest BCUT2D eigenvalue weighted by Crippen LogP contribution is -2.24. The van der Waals surface area contributed by atoms with Crippen molar-refractivity contribution in [1.29, 1.82) is 0 Å². The summed E-state index contributed by atoms with van der Waals surface area (Å²) in [6.07, 6.45) is 4.06. The Kier molecular flexibility index (Phi) is 4.10. The number of hydrogen-bond acceptors (Lipinski definition) is 5. The van der Waals surface area contributed by atoms with Gasteiger partial charge in [0.05, 0.1) is 6.04 Å². The maximum absolute atomic E-state index is 12.5. The molecule has 1 amide bonds. The molecule has 0 aliphatic carbocycles. The Hall–Kier alpha value is -2.51. The number of pyridine rings is 1. The van der Waals surface area contributed by atoms with Crippen molar-refractivity contribution in [2.24, 2.45) is 5.73 Å². The number of thiazole rings is 1. The van der Waals surface area contributed by atoms with E-state index in [2.05, 4.69) is 14.9 Å². The first-order valence-corrected chi connectivity index (χ1v) is 9.09. The van der Waals surface area contributed by atoms with Gasteiger partial charge in [0.25, 0.3) is 0 Å². The molecule has 0 unspecified atom stereocenters. The molecule has 25 heavy (non-hydrogen) atoms. The number of aromatic amines is 1. The van der Waals surface area contributed by atoms with Crippen molar-refractivity contribution in [2.45, 2.75) is 25.4 Å². The Bertz CT molecular complexity index is 980. The van der Waals surface area contributed by atoms with E-state index in [9.17, 15) is 9.59 Å². The zero-order valence-corrected chi connectivity index (χ0v) is 14.4. The third-order valence-corrected chi connectivity index (χ3v) is 5.52. The zero-order chi connectivity index (χ0) is 17.4. The highest BCUT2D eigenvalue weighted by atomic mass is 32.1. The average molecular weight is 354 g/mol. The number of H-pyrrole nitrogens is 1. The number of aromatic nitrogens is 2. The van der Waals surface area contributed by atoms with Crippen molar-refractivity contribution in [3.63, 3.8) is 0 Å². The molecule has 3 heterocycles. The van der Waals surface area contributed by atoms with E-state index >= 15 is 0 Å². The number of carbonyl (C=O) groups is 1. The maximum atomic E-state index is 12.5. The Morgan fingerprint density at radius 1 is 1.40 bits per heavy atom. The van der Waals surface area contributed by atoms with E-state index in [-0.39, 0.29) is 5.43 Å². The molecule has 1 saturated heterocycles. The van der Waals surface area contributed by atoms with Crippen LogP contribution in [0.15, 0.2) is 40.6 Å². The van der Waals surface area contributed by atoms with Crippen molar-refractivity contribution < 1.29 is 4.79 Å². The molecule has 3 aromatic rings. The van der Waals surface area contributed by atoms with Gasteiger partial charge >= 0.3 is 0 Å². The third-order valence-electron chi connectivity index (χ3n) is 4.64. The minimum Gasteiger partial charge on any atom is -0.366 e. The predicted molar refractivity (Wildman–Crippen MR) is 97.6 cm³/mol. The quantitative estimate of drug-likeness (QED) is 0.753. The lowest BCUT2D eigenvalue weighted by molar-refractivity contribution is 0.100. The summed E-state index contributed by atoms with van der Waals surface area (Å²) in [7, 11) is 0. The lowest BCUT2D eigenvalue weighted by Gasteiger charge is -2.22. The first-order valence-electron chi connectivity index (χ1n) is 8.21. The average Bonchev–Trinajstić information content (AvgIpc) is 3.25. The molecule has 1 fully saturated rings. The van der Waals surface area contributed by atoms with Crippen molar-refractivity contribution in [3.05, 3.63) is 62.3 Å². The number of nitrogens with one attached hydrogen (secondary N) is 1. The van der Waals surface area contributed by atoms with Crippen LogP contribution in [0.5, 0.6) is 0 Å². The van der Waals surface area contributed by atoms with Gasteiger partial charge in [-0.3, -0.25) is 14.5 Å². The smallest absolute Gasteiger partial charge is 0.248 e. The largest absolute Gasteiger partial charge is 0.366 e. The van der Waals surface area contributed by atoms with Gasteiger partial charge in [-0.15, -0.1) is 11.3 Å². The van der Waals surface area contributed by atoms with Crippen LogP contribution in [0.3, 0.4) is 0 Å². The molecule has 6 nitrogen and oxygen atoms in total. The number of hydrogen-bond donors (Lipinski definition) is 2. The third kappa shape index (κ3) is 3.08. The van der Waals surface area contributed by atoms with Gasteiger partial charge < -0.3 is 10.7 Å². The molecule has 0 bridgehead atoms. The van der Waals surface area contributed by atoms with Crippen LogP contribution in [0.2, 0.25) is 0 Å². The molecule has 0 spiro atoms. The summed E-state index contributed by atoms with van der Waals surface area (Å²) in [5.41, 5.74) is 7.12. The number of primary amides is 1. The summed E-state index contributed by atoms with van der Waals surface area (Å²) in [6, 6.07) is 6.86. The molecular weight excluding hydrogens is 336 g/mol. The summed E-state index contributed by atoms with van der Waals surface area (Å²) < 4.78 is 0. The fourth-order valence-electron chi connectivity index (χ4n) is 3.45. The highest BCUT2D eigenvalue weighted by Gasteiger charge is 2.28. The number of likely N-dealkylation sites (tertiary alicyclic amines) is 1. The minimum atomic E-state index is -0.534. The van der Waals surface area contributed by atoms with E-state index in [0.717, 1.165) is 35.6 Å². The SMILES string of the molecule is NC(=O)c1ccc2[nH]c(CN3CCC[C@@H]3c3nccs3)cc(=O)c2c1. The van der Waals surface area contributed by atoms with Gasteiger partial charge in [0, 0.05) is 46.3 Å². The lowest BCUT2D eigenvalue weighted by atomic mass is 10.1. The molecule has 2 aromatic heterocycles. The van der Waals surface area contributed by atoms with Gasteiger partial charge in [-0.1, -0.05) is 0 Å². The second-order valence-electron chi connectivity index (χ2n) is 6.28. The van der Waals surface area contributed by atoms with Gasteiger partial charge in [-0.25, -0.2) is 4.98 Å². The molecule has 0 radical (unpaired) electrons. The van der Waals surface area contributed by atoms with Crippen LogP contribution in [0.1, 0.15) is 39.9 Å². The van der Waals surface area contributed by atoms with E-state index in [0.29, 0.717) is 23.5 Å². The molecule has 1 atom stereocenters. The van der Waals surface area contributed by atoms with Gasteiger partial charge in [-0.2, -0.15) is 0 Å². The summed E-state index contributed by atoms with van der Waals surface area (Å²) >= 11 is 1.68. The van der Waals surface area contributed by atoms with Crippen LogP contribution in [0, 0.1) is 0 Å². The molecule has 128 valence electrons. The van der Waals surface area contributed by atoms with E-state index in [1.807, 2.05) is 11.6 Å². The van der Waals surface area contributed by atoms with Gasteiger partial charge in [0.2, 0.25) is 5.91 Å². The number of carbonyl (C=O) groups excluding carboxylic acids is 1. The Balaban J connectivity index is 1.65. The van der Waals surface area contributed by atoms with Crippen LogP contribution in [-0.4, -0.2) is 27.3 Å². The molecule has 3 N–H and O–H groups in total. The second-order valence-corrected chi connectivity index (χ2v) is 7.21. The van der Waals surface area contributed by atoms with Crippen LogP contribution in [0.4, 0.5) is 0 Å². The maximum Gasteiger partial charge on any atom is 0.248 e. The Morgan fingerprint density at radius 2 is 2.28 bits per heavy atom. The van der Waals surface area contributed by atoms with Gasteiger partial charge in [0.15, 0.2) is 5.43 Å². The first kappa shape index (κ1) is 16.0. The molecule has 4 rings (SSSR count). The number of benzene rings is 1. The van der Waals surface area contributed by atoms with Gasteiger partial charge in [0.1, 0.15) is 5.01 Å². The molecule has 1 aliphatic rings. The fourth-order valence-corrected chi connectivity index (χ4v) is 4.26. The molecule has 7 heteroatoms. The number of rotatable bonds is 4. The molecule has 1 aromatic carbocycles. The van der Waals surface area contributed by atoms with Crippen molar-refractivity contribution in [2.75, 3.05) is 6.54 Å². The zero-order valence-electron chi connectivity index (χ0n) is 13.6. The predicted octanol–water partition coefficient (Wildman–Crippen LogP) is 2.42. The highest BCUT2D eigenvalue weighted by Crippen LogP contribution is 2.33.